The van der Waals surface area contributed by atoms with E-state index in [1.54, 1.807) is 6.07 Å². The molecule has 2 rings (SSSR count). The Kier molecular flexibility index (Phi) is 4.63. The van der Waals surface area contributed by atoms with Gasteiger partial charge >= 0.3 is 5.97 Å². The third kappa shape index (κ3) is 3.42. The van der Waals surface area contributed by atoms with Gasteiger partial charge in [-0.3, -0.25) is 4.90 Å². The number of likely N-dealkylation sites (N-methyl/N-ethyl adjacent to an activating group) is 1. The molecule has 0 amide bonds. The Morgan fingerprint density at radius 3 is 2.52 bits per heavy atom. The van der Waals surface area contributed by atoms with Crippen LogP contribution in [0.1, 0.15) is 19.4 Å². The van der Waals surface area contributed by atoms with Crippen molar-refractivity contribution in [1.29, 1.82) is 0 Å². The number of rotatable bonds is 3. The highest BCUT2D eigenvalue weighted by Gasteiger charge is 2.27. The smallest absolute Gasteiger partial charge is 0.328 e. The highest BCUT2D eigenvalue weighted by Crippen LogP contribution is 2.28. The molecule has 0 radical (unpaired) electrons. The molecule has 1 aliphatic heterocycles. The van der Waals surface area contributed by atoms with Crippen molar-refractivity contribution >= 4 is 17.7 Å². The number of aliphatic carboxylic acids is 1. The van der Waals surface area contributed by atoms with E-state index in [4.69, 9.17) is 5.11 Å². The summed E-state index contributed by atoms with van der Waals surface area (Å²) in [6.45, 7) is 5.85. The highest BCUT2D eigenvalue weighted by atomic mass is 19.1. The highest BCUT2D eigenvalue weighted by molar-refractivity contribution is 5.87. The third-order valence-electron chi connectivity index (χ3n) is 4.12. The summed E-state index contributed by atoms with van der Waals surface area (Å²) in [6.07, 6.45) is 2.31. The Bertz CT molecular complexity index is 547. The topological polar surface area (TPSA) is 43.8 Å². The minimum absolute atomic E-state index is 0.337. The van der Waals surface area contributed by atoms with Crippen molar-refractivity contribution in [2.24, 2.45) is 0 Å². The number of carboxylic acid groups (broad SMARTS) is 1. The SMILES string of the molecule is CC1CN(c2cccc(F)c2/C=C/C(=O)O)CC(C)N1C. The summed E-state index contributed by atoms with van der Waals surface area (Å²) in [5.74, 6) is -1.48. The molecule has 4 nitrogen and oxygen atoms in total. The maximum atomic E-state index is 14.0. The van der Waals surface area contributed by atoms with Gasteiger partial charge in [-0.25, -0.2) is 9.18 Å². The average molecular weight is 292 g/mol. The van der Waals surface area contributed by atoms with E-state index >= 15 is 0 Å². The Balaban J connectivity index is 2.35. The molecule has 2 atom stereocenters. The van der Waals surface area contributed by atoms with Crippen molar-refractivity contribution in [3.8, 4) is 0 Å². The van der Waals surface area contributed by atoms with Gasteiger partial charge in [-0.1, -0.05) is 6.07 Å². The standard InChI is InChI=1S/C16H21FN2O2/c1-11-9-19(10-12(2)18(11)3)15-6-4-5-14(17)13(15)7-8-16(20)21/h4-8,11-12H,9-10H2,1-3H3,(H,20,21)/b8-7+. The second-order valence-electron chi connectivity index (χ2n) is 5.61. The minimum Gasteiger partial charge on any atom is -0.478 e. The lowest BCUT2D eigenvalue weighted by molar-refractivity contribution is -0.131. The number of piperazine rings is 1. The van der Waals surface area contributed by atoms with E-state index < -0.39 is 11.8 Å². The Morgan fingerprint density at radius 1 is 1.33 bits per heavy atom. The fraction of sp³-hybridized carbons (Fsp3) is 0.438. The molecule has 1 heterocycles. The van der Waals surface area contributed by atoms with E-state index in [-0.39, 0.29) is 0 Å². The van der Waals surface area contributed by atoms with Crippen LogP contribution in [0.3, 0.4) is 0 Å². The Hall–Kier alpha value is -1.88. The van der Waals surface area contributed by atoms with E-state index in [1.807, 2.05) is 6.07 Å². The molecule has 5 heteroatoms. The van der Waals surface area contributed by atoms with E-state index in [2.05, 4.69) is 30.7 Å². The number of halogens is 1. The molecule has 0 aliphatic carbocycles. The lowest BCUT2D eigenvalue weighted by atomic mass is 10.0. The number of hydrogen-bond acceptors (Lipinski definition) is 3. The average Bonchev–Trinajstić information content (AvgIpc) is 2.42. The maximum absolute atomic E-state index is 14.0. The fourth-order valence-electron chi connectivity index (χ4n) is 2.72. The Morgan fingerprint density at radius 2 is 1.95 bits per heavy atom. The van der Waals surface area contributed by atoms with Crippen LogP contribution >= 0.6 is 0 Å². The maximum Gasteiger partial charge on any atom is 0.328 e. The first kappa shape index (κ1) is 15.5. The van der Waals surface area contributed by atoms with Crippen LogP contribution in [0, 0.1) is 5.82 Å². The number of nitrogens with zero attached hydrogens (tertiary/aromatic N) is 2. The molecule has 1 aromatic carbocycles. The zero-order valence-electron chi connectivity index (χ0n) is 12.6. The van der Waals surface area contributed by atoms with Crippen molar-refractivity contribution in [2.75, 3.05) is 25.0 Å². The molecule has 1 N–H and O–H groups in total. The monoisotopic (exact) mass is 292 g/mol. The van der Waals surface area contributed by atoms with Crippen LogP contribution in [0.4, 0.5) is 10.1 Å². The molecular formula is C16H21FN2O2. The van der Waals surface area contributed by atoms with Gasteiger partial charge in [0.05, 0.1) is 0 Å². The van der Waals surface area contributed by atoms with Gasteiger partial charge in [-0.2, -0.15) is 0 Å². The lowest BCUT2D eigenvalue weighted by Gasteiger charge is -2.44. The van der Waals surface area contributed by atoms with Gasteiger partial charge in [-0.05, 0) is 39.1 Å². The van der Waals surface area contributed by atoms with Gasteiger partial charge in [0.25, 0.3) is 0 Å². The number of benzene rings is 1. The lowest BCUT2D eigenvalue weighted by Crippen LogP contribution is -2.55. The predicted molar refractivity (Wildman–Crippen MR) is 82.0 cm³/mol. The van der Waals surface area contributed by atoms with Crippen LogP contribution in [0.5, 0.6) is 0 Å². The molecule has 114 valence electrons. The summed E-state index contributed by atoms with van der Waals surface area (Å²) in [5, 5.41) is 8.76. The summed E-state index contributed by atoms with van der Waals surface area (Å²) < 4.78 is 14.0. The van der Waals surface area contributed by atoms with Gasteiger partial charge in [0.1, 0.15) is 5.82 Å². The largest absolute Gasteiger partial charge is 0.478 e. The van der Waals surface area contributed by atoms with Gasteiger partial charge in [-0.15, -0.1) is 0 Å². The second kappa shape index (κ2) is 6.26. The number of anilines is 1. The molecule has 21 heavy (non-hydrogen) atoms. The van der Waals surface area contributed by atoms with Crippen molar-refractivity contribution in [3.63, 3.8) is 0 Å². The molecule has 2 unspecified atom stereocenters. The molecule has 0 saturated carbocycles. The van der Waals surface area contributed by atoms with E-state index in [1.165, 1.54) is 12.1 Å². The van der Waals surface area contributed by atoms with Crippen molar-refractivity contribution in [3.05, 3.63) is 35.7 Å². The first-order valence-electron chi connectivity index (χ1n) is 7.06. The van der Waals surface area contributed by atoms with Crippen molar-refractivity contribution in [1.82, 2.24) is 4.90 Å². The molecule has 1 aromatic rings. The first-order valence-corrected chi connectivity index (χ1v) is 7.06. The number of carbonyl (C=O) groups is 1. The third-order valence-corrected chi connectivity index (χ3v) is 4.12. The van der Waals surface area contributed by atoms with Crippen LogP contribution in [0.25, 0.3) is 6.08 Å². The van der Waals surface area contributed by atoms with Crippen molar-refractivity contribution < 1.29 is 14.3 Å². The summed E-state index contributed by atoms with van der Waals surface area (Å²) >= 11 is 0. The van der Waals surface area contributed by atoms with Crippen LogP contribution in [0.2, 0.25) is 0 Å². The molecule has 1 saturated heterocycles. The molecule has 0 spiro atoms. The number of hydrogen-bond donors (Lipinski definition) is 1. The Labute approximate surface area is 124 Å². The summed E-state index contributed by atoms with van der Waals surface area (Å²) in [5.41, 5.74) is 1.09. The van der Waals surface area contributed by atoms with Crippen LogP contribution < -0.4 is 4.90 Å². The zero-order valence-corrected chi connectivity index (χ0v) is 12.6. The van der Waals surface area contributed by atoms with Crippen LogP contribution in [-0.4, -0.2) is 48.2 Å². The summed E-state index contributed by atoms with van der Waals surface area (Å²) in [6, 6.07) is 5.57. The van der Waals surface area contributed by atoms with Gasteiger partial charge in [0.2, 0.25) is 0 Å². The molecule has 1 fully saturated rings. The number of carboxylic acids is 1. The second-order valence-corrected chi connectivity index (χ2v) is 5.61. The molecule has 1 aliphatic rings. The van der Waals surface area contributed by atoms with Crippen LogP contribution in [-0.2, 0) is 4.79 Å². The molecular weight excluding hydrogens is 271 g/mol. The van der Waals surface area contributed by atoms with E-state index in [0.29, 0.717) is 17.6 Å². The van der Waals surface area contributed by atoms with Gasteiger partial charge < -0.3 is 10.0 Å². The fourth-order valence-corrected chi connectivity index (χ4v) is 2.72. The van der Waals surface area contributed by atoms with E-state index in [0.717, 1.165) is 24.9 Å². The van der Waals surface area contributed by atoms with Crippen molar-refractivity contribution in [2.45, 2.75) is 25.9 Å². The predicted octanol–water partition coefficient (Wildman–Crippen LogP) is 2.45. The first-order chi connectivity index (χ1) is 9.90. The summed E-state index contributed by atoms with van der Waals surface area (Å²) in [7, 11) is 2.09. The summed E-state index contributed by atoms with van der Waals surface area (Å²) in [4.78, 5) is 15.1. The van der Waals surface area contributed by atoms with Gasteiger partial charge in [0.15, 0.2) is 0 Å². The normalized spacial score (nSPS) is 23.7. The molecule has 0 aromatic heterocycles. The van der Waals surface area contributed by atoms with Crippen LogP contribution in [0.15, 0.2) is 24.3 Å². The quantitative estimate of drug-likeness (QED) is 0.869. The zero-order chi connectivity index (χ0) is 15.6. The minimum atomic E-state index is -1.08. The molecule has 0 bridgehead atoms. The van der Waals surface area contributed by atoms with E-state index in [9.17, 15) is 9.18 Å². The van der Waals surface area contributed by atoms with Gasteiger partial charge in [0, 0.05) is 42.5 Å².